The number of nitrogens with zero attached hydrogens (tertiary/aromatic N) is 5. The summed E-state index contributed by atoms with van der Waals surface area (Å²) in [7, 11) is 2.19. The van der Waals surface area contributed by atoms with Crippen LogP contribution < -0.4 is 4.74 Å². The van der Waals surface area contributed by atoms with Gasteiger partial charge in [0.1, 0.15) is 23.9 Å². The summed E-state index contributed by atoms with van der Waals surface area (Å²) in [6, 6.07) is 16.3. The Morgan fingerprint density at radius 2 is 1.93 bits per heavy atom. The molecule has 4 heterocycles. The number of piperidine rings is 1. The fourth-order valence-electron chi connectivity index (χ4n) is 8.04. The van der Waals surface area contributed by atoms with Crippen LogP contribution in [0.1, 0.15) is 61.8 Å². The summed E-state index contributed by atoms with van der Waals surface area (Å²) in [6.07, 6.45) is 8.73. The van der Waals surface area contributed by atoms with Crippen LogP contribution in [0.5, 0.6) is 11.5 Å². The molecular weight excluding hydrogens is 598 g/mol. The Hall–Kier alpha value is -3.90. The summed E-state index contributed by atoms with van der Waals surface area (Å²) < 4.78 is 8.31. The molecule has 4 aliphatic rings. The number of halogens is 1. The first-order valence-electron chi connectivity index (χ1n) is 16.1. The normalized spacial score (nSPS) is 25.8. The average molecular weight is 638 g/mol. The molecule has 1 fully saturated rings. The molecule has 2 aliphatic carbocycles. The fraction of sp³-hybridized carbons (Fsp3) is 0.432. The molecule has 2 bridgehead atoms. The number of aromatic nitrogens is 3. The first kappa shape index (κ1) is 30.7. The van der Waals surface area contributed by atoms with Crippen LogP contribution in [0.15, 0.2) is 60.8 Å². The number of aliphatic hydroxyl groups excluding tert-OH is 1. The predicted octanol–water partition coefficient (Wildman–Crippen LogP) is 6.18. The molecule has 2 N–H and O–H groups in total. The van der Waals surface area contributed by atoms with Crippen LogP contribution in [0.3, 0.4) is 0 Å². The minimum absolute atomic E-state index is 0.160. The standard InChI is InChI=1S/C20H21ClN4.C17H19NO3/c1-20(2,3)8-9-25-17(10-14-4-6-16(21)7-5-14)11-15-13-23-18(12-22)24-19(15)25;1-18-7-6-17-10-3-5-13(20)16(17)21-15-12(19)4-2-9(14(15)17)8-11(10)18/h4-7,11,13H,8-10H2,1-3H3;2-5,10-11,13,16,19-20H,6-8H2,1H3/t;10-,11+,13-,16-,17-/m.0/s1. The molecule has 2 aromatic heterocycles. The summed E-state index contributed by atoms with van der Waals surface area (Å²) in [5.41, 5.74) is 5.71. The van der Waals surface area contributed by atoms with Crippen molar-refractivity contribution < 1.29 is 14.9 Å². The lowest BCUT2D eigenvalue weighted by molar-refractivity contribution is -0.0453. The van der Waals surface area contributed by atoms with Gasteiger partial charge in [0.2, 0.25) is 5.82 Å². The topological polar surface area (TPSA) is 107 Å². The van der Waals surface area contributed by atoms with Gasteiger partial charge in [-0.1, -0.05) is 62.7 Å². The Kier molecular flexibility index (Phi) is 7.63. The van der Waals surface area contributed by atoms with E-state index in [1.54, 1.807) is 12.3 Å². The van der Waals surface area contributed by atoms with Crippen molar-refractivity contribution >= 4 is 22.6 Å². The number of hydrogen-bond acceptors (Lipinski definition) is 7. The van der Waals surface area contributed by atoms with Crippen molar-refractivity contribution in [2.75, 3.05) is 13.6 Å². The van der Waals surface area contributed by atoms with Gasteiger partial charge in [-0.25, -0.2) is 9.97 Å². The van der Waals surface area contributed by atoms with Crippen molar-refractivity contribution in [3.63, 3.8) is 0 Å². The van der Waals surface area contributed by atoms with E-state index in [0.29, 0.717) is 17.7 Å². The van der Waals surface area contributed by atoms with Crippen molar-refractivity contribution in [1.82, 2.24) is 19.4 Å². The van der Waals surface area contributed by atoms with E-state index in [-0.39, 0.29) is 28.5 Å². The molecule has 238 valence electrons. The number of benzene rings is 2. The largest absolute Gasteiger partial charge is 0.504 e. The third-order valence-electron chi connectivity index (χ3n) is 10.4. The predicted molar refractivity (Wildman–Crippen MR) is 178 cm³/mol. The van der Waals surface area contributed by atoms with Crippen molar-refractivity contribution in [2.45, 2.75) is 76.7 Å². The lowest BCUT2D eigenvalue weighted by Gasteiger charge is -2.56. The number of likely N-dealkylation sites (tertiary alicyclic amines) is 1. The third kappa shape index (κ3) is 5.15. The summed E-state index contributed by atoms with van der Waals surface area (Å²) in [5.74, 6) is 1.40. The fourth-order valence-corrected chi connectivity index (χ4v) is 8.17. The second-order valence-electron chi connectivity index (χ2n) is 14.4. The molecule has 9 heteroatoms. The lowest BCUT2D eigenvalue weighted by atomic mass is 9.53. The number of aliphatic hydroxyl groups is 1. The summed E-state index contributed by atoms with van der Waals surface area (Å²) in [6.45, 7) is 8.56. The van der Waals surface area contributed by atoms with Crippen LogP contribution in [0, 0.1) is 22.7 Å². The van der Waals surface area contributed by atoms with E-state index in [0.717, 1.165) is 54.8 Å². The number of aromatic hydroxyl groups is 1. The van der Waals surface area contributed by atoms with Gasteiger partial charge in [0.05, 0.1) is 0 Å². The van der Waals surface area contributed by atoms with Gasteiger partial charge in [0, 0.05) is 58.2 Å². The quantitative estimate of drug-likeness (QED) is 0.257. The van der Waals surface area contributed by atoms with Crippen molar-refractivity contribution in [2.24, 2.45) is 11.3 Å². The minimum atomic E-state index is -0.594. The Labute approximate surface area is 274 Å². The van der Waals surface area contributed by atoms with Gasteiger partial charge in [-0.2, -0.15) is 5.26 Å². The molecule has 0 unspecified atom stereocenters. The van der Waals surface area contributed by atoms with E-state index in [1.165, 1.54) is 22.4 Å². The number of fused-ring (bicyclic) bond motifs is 1. The highest BCUT2D eigenvalue weighted by Gasteiger charge is 2.64. The van der Waals surface area contributed by atoms with Crippen molar-refractivity contribution in [3.05, 3.63) is 94.0 Å². The average Bonchev–Trinajstić information content (AvgIpc) is 3.56. The number of likely N-dealkylation sites (N-methyl/N-ethyl adjacent to an activating group) is 1. The number of aryl methyl sites for hydroxylation is 1. The molecule has 1 saturated heterocycles. The van der Waals surface area contributed by atoms with E-state index >= 15 is 0 Å². The number of phenols is 1. The zero-order chi connectivity index (χ0) is 32.4. The molecule has 0 amide bonds. The SMILES string of the molecule is CC(C)(C)CCn1c(Cc2ccc(Cl)cc2)cc2cnc(C#N)nc21.CN1CC[C@]23c4c5ccc(O)c4O[C@H]2[C@@H](O)C=C[C@H]3[C@H]1C5. The molecule has 1 spiro atoms. The van der Waals surface area contributed by atoms with Crippen LogP contribution in [0.25, 0.3) is 11.0 Å². The highest BCUT2D eigenvalue weighted by Crippen LogP contribution is 2.62. The Morgan fingerprint density at radius 1 is 1.15 bits per heavy atom. The molecule has 46 heavy (non-hydrogen) atoms. The molecule has 0 saturated carbocycles. The van der Waals surface area contributed by atoms with E-state index in [4.69, 9.17) is 21.6 Å². The minimum Gasteiger partial charge on any atom is -0.504 e. The zero-order valence-corrected chi connectivity index (χ0v) is 27.5. The zero-order valence-electron chi connectivity index (χ0n) is 26.7. The van der Waals surface area contributed by atoms with Gasteiger partial charge >= 0.3 is 0 Å². The molecular formula is C37H40ClN5O3. The van der Waals surface area contributed by atoms with Crippen molar-refractivity contribution in [1.29, 1.82) is 5.26 Å². The molecule has 8 rings (SSSR count). The molecule has 2 aromatic carbocycles. The molecule has 5 atom stereocenters. The Bertz CT molecular complexity index is 1870. The Balaban J connectivity index is 0.000000149. The third-order valence-corrected chi connectivity index (χ3v) is 10.6. The maximum Gasteiger partial charge on any atom is 0.234 e. The lowest BCUT2D eigenvalue weighted by Crippen LogP contribution is -2.64. The maximum atomic E-state index is 10.4. The van der Waals surface area contributed by atoms with E-state index in [2.05, 4.69) is 59.4 Å². The van der Waals surface area contributed by atoms with Crippen LogP contribution in [-0.4, -0.2) is 61.5 Å². The number of rotatable bonds is 4. The number of hydrogen-bond donors (Lipinski definition) is 2. The second kappa shape index (κ2) is 11.4. The van der Waals surface area contributed by atoms with Gasteiger partial charge in [-0.05, 0) is 73.7 Å². The van der Waals surface area contributed by atoms with Crippen LogP contribution in [0.2, 0.25) is 5.02 Å². The van der Waals surface area contributed by atoms with Gasteiger partial charge in [0.25, 0.3) is 0 Å². The smallest absolute Gasteiger partial charge is 0.234 e. The van der Waals surface area contributed by atoms with Gasteiger partial charge in [-0.15, -0.1) is 0 Å². The monoisotopic (exact) mass is 637 g/mol. The first-order valence-corrected chi connectivity index (χ1v) is 16.4. The number of ether oxygens (including phenoxy) is 1. The van der Waals surface area contributed by atoms with Gasteiger partial charge < -0.3 is 24.4 Å². The first-order chi connectivity index (χ1) is 22.0. The molecule has 4 aromatic rings. The number of phenolic OH excluding ortho intramolecular Hbond substituents is 1. The Morgan fingerprint density at radius 3 is 2.67 bits per heavy atom. The summed E-state index contributed by atoms with van der Waals surface area (Å²) >= 11 is 5.99. The molecule has 8 nitrogen and oxygen atoms in total. The summed E-state index contributed by atoms with van der Waals surface area (Å²) in [5, 5.41) is 31.5. The van der Waals surface area contributed by atoms with Gasteiger partial charge in [-0.3, -0.25) is 0 Å². The molecule has 0 radical (unpaired) electrons. The molecule has 2 aliphatic heterocycles. The number of nitriles is 1. The van der Waals surface area contributed by atoms with Gasteiger partial charge in [0.15, 0.2) is 11.5 Å². The maximum absolute atomic E-state index is 10.4. The van der Waals surface area contributed by atoms with Crippen LogP contribution >= 0.6 is 11.6 Å². The highest BCUT2D eigenvalue weighted by molar-refractivity contribution is 6.30. The highest BCUT2D eigenvalue weighted by atomic mass is 35.5. The summed E-state index contributed by atoms with van der Waals surface area (Å²) in [4.78, 5) is 11.0. The second-order valence-corrected chi connectivity index (χ2v) is 14.9. The van der Waals surface area contributed by atoms with Crippen LogP contribution in [-0.2, 0) is 24.8 Å². The van der Waals surface area contributed by atoms with E-state index in [1.807, 2.05) is 42.5 Å². The van der Waals surface area contributed by atoms with Crippen molar-refractivity contribution in [3.8, 4) is 17.6 Å². The van der Waals surface area contributed by atoms with E-state index < -0.39 is 6.10 Å². The van der Waals surface area contributed by atoms with E-state index in [9.17, 15) is 10.2 Å². The van der Waals surface area contributed by atoms with Crippen LogP contribution in [0.4, 0.5) is 0 Å².